The summed E-state index contributed by atoms with van der Waals surface area (Å²) in [7, 11) is 0. The van der Waals surface area contributed by atoms with E-state index < -0.39 is 0 Å². The van der Waals surface area contributed by atoms with Crippen LogP contribution in [0.1, 0.15) is 33.5 Å². The summed E-state index contributed by atoms with van der Waals surface area (Å²) in [6.45, 7) is 4.64. The highest BCUT2D eigenvalue weighted by Crippen LogP contribution is 2.32. The number of aromatic nitrogens is 2. The van der Waals surface area contributed by atoms with Gasteiger partial charge in [-0.15, -0.1) is 0 Å². The smallest absolute Gasteiger partial charge is 0.326 e. The fraction of sp³-hybridized carbons (Fsp3) is 0.207. The SMILES string of the molecule is Cc1cc(/C=C/CN2CCc3c(c4cc(C#N)ccc4n3C(=O)NCc3ccnc(Cl)c3)C2)ccc1Cl. The standard InChI is InChI=1S/C29H25Cl2N5O/c1-19-13-20(4-6-25(19)30)3-2-11-35-12-9-27-24(18-35)23-14-21(16-32)5-7-26(23)36(27)29(37)34-17-22-8-10-33-28(31)15-22/h2-8,10,13-15H,9,11-12,17-18H2,1H3,(H,34,37)/b3-2+. The topological polar surface area (TPSA) is 74.0 Å². The van der Waals surface area contributed by atoms with Crippen LogP contribution in [0.3, 0.4) is 0 Å². The van der Waals surface area contributed by atoms with E-state index in [0.29, 0.717) is 23.8 Å². The Morgan fingerprint density at radius 2 is 2.05 bits per heavy atom. The van der Waals surface area contributed by atoms with Crippen LogP contribution < -0.4 is 5.32 Å². The number of benzene rings is 2. The van der Waals surface area contributed by atoms with Crippen LogP contribution in [0.2, 0.25) is 10.2 Å². The number of hydrogen-bond acceptors (Lipinski definition) is 4. The van der Waals surface area contributed by atoms with Crippen molar-refractivity contribution in [3.8, 4) is 6.07 Å². The summed E-state index contributed by atoms with van der Waals surface area (Å²) in [6.07, 6.45) is 6.61. The number of carbonyl (C=O) groups is 1. The van der Waals surface area contributed by atoms with E-state index in [-0.39, 0.29) is 6.03 Å². The Morgan fingerprint density at radius 3 is 2.84 bits per heavy atom. The molecule has 37 heavy (non-hydrogen) atoms. The molecule has 1 amide bonds. The fourth-order valence-electron chi connectivity index (χ4n) is 4.79. The Morgan fingerprint density at radius 1 is 1.19 bits per heavy atom. The van der Waals surface area contributed by atoms with Gasteiger partial charge in [-0.3, -0.25) is 9.47 Å². The fourth-order valence-corrected chi connectivity index (χ4v) is 5.10. The predicted molar refractivity (Wildman–Crippen MR) is 148 cm³/mol. The maximum atomic E-state index is 13.4. The van der Waals surface area contributed by atoms with Crippen LogP contribution in [0, 0.1) is 18.3 Å². The minimum absolute atomic E-state index is 0.199. The Balaban J connectivity index is 1.39. The first-order valence-corrected chi connectivity index (χ1v) is 12.8. The van der Waals surface area contributed by atoms with E-state index in [1.165, 1.54) is 0 Å². The van der Waals surface area contributed by atoms with Gasteiger partial charge in [0.25, 0.3) is 0 Å². The number of carbonyl (C=O) groups excluding carboxylic acids is 1. The number of hydrogen-bond donors (Lipinski definition) is 1. The van der Waals surface area contributed by atoms with Crippen LogP contribution in [0.4, 0.5) is 4.79 Å². The van der Waals surface area contributed by atoms with E-state index in [0.717, 1.165) is 63.4 Å². The summed E-state index contributed by atoms with van der Waals surface area (Å²) in [5, 5.41) is 14.6. The monoisotopic (exact) mass is 529 g/mol. The van der Waals surface area contributed by atoms with Crippen LogP contribution in [-0.2, 0) is 19.5 Å². The second-order valence-electron chi connectivity index (χ2n) is 9.15. The molecule has 0 spiro atoms. The third-order valence-electron chi connectivity index (χ3n) is 6.65. The second-order valence-corrected chi connectivity index (χ2v) is 9.94. The largest absolute Gasteiger partial charge is 0.333 e. The summed E-state index contributed by atoms with van der Waals surface area (Å²) in [4.78, 5) is 19.7. The number of halogens is 2. The summed E-state index contributed by atoms with van der Waals surface area (Å²) in [5.41, 5.74) is 6.51. The number of rotatable bonds is 5. The first-order chi connectivity index (χ1) is 17.9. The molecule has 1 N–H and O–H groups in total. The Labute approximate surface area is 225 Å². The summed E-state index contributed by atoms with van der Waals surface area (Å²) in [6, 6.07) is 17.1. The van der Waals surface area contributed by atoms with Crippen LogP contribution in [-0.4, -0.2) is 33.6 Å². The number of amides is 1. The van der Waals surface area contributed by atoms with Gasteiger partial charge in [-0.05, 0) is 65.6 Å². The third kappa shape index (κ3) is 5.40. The van der Waals surface area contributed by atoms with Crippen molar-refractivity contribution in [2.24, 2.45) is 0 Å². The van der Waals surface area contributed by atoms with Crippen LogP contribution in [0.25, 0.3) is 17.0 Å². The van der Waals surface area contributed by atoms with Gasteiger partial charge in [-0.2, -0.15) is 5.26 Å². The van der Waals surface area contributed by atoms with Gasteiger partial charge in [0.2, 0.25) is 0 Å². The second kappa shape index (κ2) is 10.8. The number of nitriles is 1. The molecule has 1 aliphatic rings. The van der Waals surface area contributed by atoms with E-state index in [4.69, 9.17) is 23.2 Å². The van der Waals surface area contributed by atoms with Gasteiger partial charge in [-0.1, -0.05) is 47.5 Å². The summed E-state index contributed by atoms with van der Waals surface area (Å²) >= 11 is 12.1. The molecule has 6 nitrogen and oxygen atoms in total. The highest BCUT2D eigenvalue weighted by molar-refractivity contribution is 6.31. The summed E-state index contributed by atoms with van der Waals surface area (Å²) < 4.78 is 1.76. The zero-order chi connectivity index (χ0) is 25.9. The molecule has 5 rings (SSSR count). The molecule has 8 heteroatoms. The van der Waals surface area contributed by atoms with E-state index in [1.807, 2.05) is 37.3 Å². The highest BCUT2D eigenvalue weighted by atomic mass is 35.5. The number of aryl methyl sites for hydroxylation is 1. The van der Waals surface area contributed by atoms with Crippen molar-refractivity contribution in [1.82, 2.24) is 19.8 Å². The number of nitrogens with zero attached hydrogens (tertiary/aromatic N) is 4. The summed E-state index contributed by atoms with van der Waals surface area (Å²) in [5.74, 6) is 0. The van der Waals surface area contributed by atoms with Gasteiger partial charge in [0.05, 0.1) is 17.1 Å². The number of nitrogens with one attached hydrogen (secondary N) is 1. The molecular formula is C29H25Cl2N5O. The number of pyridine rings is 1. The molecule has 0 bridgehead atoms. The third-order valence-corrected chi connectivity index (χ3v) is 7.28. The molecule has 3 heterocycles. The molecule has 0 aliphatic carbocycles. The minimum Gasteiger partial charge on any atom is -0.333 e. The molecule has 2 aromatic heterocycles. The molecule has 1 aliphatic heterocycles. The first-order valence-electron chi connectivity index (χ1n) is 12.0. The lowest BCUT2D eigenvalue weighted by molar-refractivity contribution is 0.240. The Kier molecular flexibility index (Phi) is 7.29. The van der Waals surface area contributed by atoms with Crippen molar-refractivity contribution in [1.29, 1.82) is 5.26 Å². The molecule has 0 saturated heterocycles. The van der Waals surface area contributed by atoms with E-state index in [9.17, 15) is 10.1 Å². The normalized spacial score (nSPS) is 13.6. The van der Waals surface area contributed by atoms with Gasteiger partial charge in [-0.25, -0.2) is 9.78 Å². The van der Waals surface area contributed by atoms with Gasteiger partial charge < -0.3 is 5.32 Å². The molecule has 0 saturated carbocycles. The minimum atomic E-state index is -0.199. The quantitative estimate of drug-likeness (QED) is 0.305. The van der Waals surface area contributed by atoms with Gasteiger partial charge in [0.15, 0.2) is 0 Å². The molecule has 0 fully saturated rings. The molecule has 4 aromatic rings. The average molecular weight is 530 g/mol. The van der Waals surface area contributed by atoms with E-state index in [2.05, 4.69) is 39.5 Å². The van der Waals surface area contributed by atoms with Crippen molar-refractivity contribution in [3.05, 3.63) is 104 Å². The van der Waals surface area contributed by atoms with Gasteiger partial charge in [0, 0.05) is 54.9 Å². The van der Waals surface area contributed by atoms with Crippen molar-refractivity contribution in [2.45, 2.75) is 26.4 Å². The average Bonchev–Trinajstić information content (AvgIpc) is 3.22. The highest BCUT2D eigenvalue weighted by Gasteiger charge is 2.26. The molecule has 0 unspecified atom stereocenters. The number of fused-ring (bicyclic) bond motifs is 3. The predicted octanol–water partition coefficient (Wildman–Crippen LogP) is 6.35. The van der Waals surface area contributed by atoms with E-state index >= 15 is 0 Å². The first kappa shape index (κ1) is 25.0. The lowest BCUT2D eigenvalue weighted by Crippen LogP contribution is -2.34. The Hall–Kier alpha value is -3.63. The lowest BCUT2D eigenvalue weighted by atomic mass is 10.0. The Bertz CT molecular complexity index is 1570. The maximum Gasteiger partial charge on any atom is 0.326 e. The van der Waals surface area contributed by atoms with Crippen LogP contribution in [0.15, 0.2) is 60.8 Å². The van der Waals surface area contributed by atoms with Crippen molar-refractivity contribution in [3.63, 3.8) is 0 Å². The lowest BCUT2D eigenvalue weighted by Gasteiger charge is -2.27. The zero-order valence-corrected chi connectivity index (χ0v) is 21.9. The van der Waals surface area contributed by atoms with E-state index in [1.54, 1.807) is 22.9 Å². The van der Waals surface area contributed by atoms with Gasteiger partial charge >= 0.3 is 6.03 Å². The van der Waals surface area contributed by atoms with Crippen LogP contribution >= 0.6 is 23.2 Å². The van der Waals surface area contributed by atoms with Crippen molar-refractivity contribution < 1.29 is 4.79 Å². The van der Waals surface area contributed by atoms with Crippen LogP contribution in [0.5, 0.6) is 0 Å². The molecule has 186 valence electrons. The van der Waals surface area contributed by atoms with Gasteiger partial charge in [0.1, 0.15) is 5.15 Å². The zero-order valence-electron chi connectivity index (χ0n) is 20.3. The molecule has 0 radical (unpaired) electrons. The van der Waals surface area contributed by atoms with Crippen molar-refractivity contribution >= 4 is 46.2 Å². The maximum absolute atomic E-state index is 13.4. The molecule has 2 aromatic carbocycles. The molecule has 0 atom stereocenters. The molecular weight excluding hydrogens is 505 g/mol. The van der Waals surface area contributed by atoms with Crippen molar-refractivity contribution in [2.75, 3.05) is 13.1 Å².